The van der Waals surface area contributed by atoms with E-state index in [9.17, 15) is 28.1 Å². The molecule has 0 atom stereocenters. The Morgan fingerprint density at radius 1 is 1.11 bits per heavy atom. The van der Waals surface area contributed by atoms with Crippen LogP contribution in [0.1, 0.15) is 28.9 Å². The molecule has 4 rings (SSSR count). The zero-order valence-corrected chi connectivity index (χ0v) is 21.0. The molecular formula is C22H26N8O6S. The fraction of sp³-hybridized carbons (Fsp3) is 0.364. The standard InChI is InChI=1S/C22H26N8O6S/c1-27-14-15(12-24-27)11-23-22(32)20-19(13-25-28(20)2)26-21(31)16-7-9-29(10-8-16)37(35,36)18-5-3-17(4-6-18)30(33)34/h3-6,12-14,16H,7-11H2,1-2H3,(H,23,32)(H,26,31). The van der Waals surface area contributed by atoms with Crippen molar-refractivity contribution in [2.75, 3.05) is 18.4 Å². The number of rotatable bonds is 8. The SMILES string of the molecule is Cn1cc(CNC(=O)c2c(NC(=O)C3CCN(S(=O)(=O)c4ccc([N+](=O)[O-])cc4)CC3)cnn2C)cn1. The van der Waals surface area contributed by atoms with Crippen LogP contribution in [0.25, 0.3) is 0 Å². The second-order valence-corrected chi connectivity index (χ2v) is 10.6. The van der Waals surface area contributed by atoms with Crippen molar-refractivity contribution in [3.63, 3.8) is 0 Å². The summed E-state index contributed by atoms with van der Waals surface area (Å²) in [5.74, 6) is -1.21. The molecule has 2 amide bonds. The fourth-order valence-corrected chi connectivity index (χ4v) is 5.58. The van der Waals surface area contributed by atoms with Gasteiger partial charge in [-0.3, -0.25) is 29.1 Å². The Balaban J connectivity index is 1.36. The van der Waals surface area contributed by atoms with E-state index in [1.807, 2.05) is 0 Å². The Morgan fingerprint density at radius 3 is 2.38 bits per heavy atom. The maximum Gasteiger partial charge on any atom is 0.271 e. The van der Waals surface area contributed by atoms with Gasteiger partial charge in [-0.05, 0) is 25.0 Å². The van der Waals surface area contributed by atoms with Crippen LogP contribution < -0.4 is 10.6 Å². The van der Waals surface area contributed by atoms with Crippen LogP contribution in [0.15, 0.2) is 47.8 Å². The first-order chi connectivity index (χ1) is 17.6. The molecule has 3 aromatic rings. The van der Waals surface area contributed by atoms with Crippen LogP contribution in [0.5, 0.6) is 0 Å². The minimum atomic E-state index is -3.85. The van der Waals surface area contributed by atoms with Gasteiger partial charge in [0.15, 0.2) is 0 Å². The van der Waals surface area contributed by atoms with E-state index in [4.69, 9.17) is 0 Å². The molecule has 1 aliphatic heterocycles. The number of anilines is 1. The Bertz CT molecular complexity index is 1420. The van der Waals surface area contributed by atoms with Crippen molar-refractivity contribution in [2.24, 2.45) is 20.0 Å². The lowest BCUT2D eigenvalue weighted by molar-refractivity contribution is -0.384. The van der Waals surface area contributed by atoms with Crippen molar-refractivity contribution in [2.45, 2.75) is 24.3 Å². The summed E-state index contributed by atoms with van der Waals surface area (Å²) in [5.41, 5.74) is 1.07. The molecule has 3 heterocycles. The van der Waals surface area contributed by atoms with Crippen molar-refractivity contribution in [3.8, 4) is 0 Å². The molecule has 0 radical (unpaired) electrons. The van der Waals surface area contributed by atoms with Crippen LogP contribution in [0.3, 0.4) is 0 Å². The first-order valence-corrected chi connectivity index (χ1v) is 12.8. The predicted molar refractivity (Wildman–Crippen MR) is 131 cm³/mol. The topological polar surface area (TPSA) is 174 Å². The molecule has 1 aromatic carbocycles. The summed E-state index contributed by atoms with van der Waals surface area (Å²) in [4.78, 5) is 35.9. The molecule has 1 saturated heterocycles. The first-order valence-electron chi connectivity index (χ1n) is 11.4. The van der Waals surface area contributed by atoms with Crippen LogP contribution in [-0.2, 0) is 35.5 Å². The second-order valence-electron chi connectivity index (χ2n) is 8.65. The number of nitro groups is 1. The molecule has 1 fully saturated rings. The summed E-state index contributed by atoms with van der Waals surface area (Å²) in [6.45, 7) is 0.485. The summed E-state index contributed by atoms with van der Waals surface area (Å²) >= 11 is 0. The molecule has 0 bridgehead atoms. The van der Waals surface area contributed by atoms with E-state index in [-0.39, 0.29) is 60.3 Å². The number of aryl methyl sites for hydroxylation is 2. The highest BCUT2D eigenvalue weighted by Gasteiger charge is 2.33. The van der Waals surface area contributed by atoms with Crippen LogP contribution in [0.4, 0.5) is 11.4 Å². The van der Waals surface area contributed by atoms with Crippen molar-refractivity contribution in [3.05, 3.63) is 64.2 Å². The van der Waals surface area contributed by atoms with E-state index in [0.717, 1.165) is 17.7 Å². The van der Waals surface area contributed by atoms with Crippen LogP contribution in [0, 0.1) is 16.0 Å². The molecule has 2 N–H and O–H groups in total. The number of carbonyl (C=O) groups excluding carboxylic acids is 2. The van der Waals surface area contributed by atoms with Gasteiger partial charge in [-0.25, -0.2) is 8.42 Å². The van der Waals surface area contributed by atoms with E-state index in [2.05, 4.69) is 20.8 Å². The molecular weight excluding hydrogens is 504 g/mol. The molecule has 2 aromatic heterocycles. The number of aromatic nitrogens is 4. The lowest BCUT2D eigenvalue weighted by atomic mass is 9.97. The average molecular weight is 531 g/mol. The largest absolute Gasteiger partial charge is 0.346 e. The van der Waals surface area contributed by atoms with Gasteiger partial charge in [-0.15, -0.1) is 0 Å². The zero-order chi connectivity index (χ0) is 26.7. The van der Waals surface area contributed by atoms with Crippen molar-refractivity contribution in [1.82, 2.24) is 29.2 Å². The molecule has 0 unspecified atom stereocenters. The molecule has 15 heteroatoms. The minimum Gasteiger partial charge on any atom is -0.346 e. The third-order valence-electron chi connectivity index (χ3n) is 6.13. The van der Waals surface area contributed by atoms with Gasteiger partial charge >= 0.3 is 0 Å². The number of carbonyl (C=O) groups is 2. The van der Waals surface area contributed by atoms with Gasteiger partial charge in [0.05, 0.1) is 27.9 Å². The zero-order valence-electron chi connectivity index (χ0n) is 20.2. The Kier molecular flexibility index (Phi) is 7.35. The quantitative estimate of drug-likeness (QED) is 0.321. The minimum absolute atomic E-state index is 0.0432. The fourth-order valence-electron chi connectivity index (χ4n) is 4.11. The van der Waals surface area contributed by atoms with Gasteiger partial charge in [-0.1, -0.05) is 0 Å². The number of piperidine rings is 1. The summed E-state index contributed by atoms with van der Waals surface area (Å²) in [7, 11) is -0.481. The number of nitrogens with zero attached hydrogens (tertiary/aromatic N) is 6. The van der Waals surface area contributed by atoms with Crippen molar-refractivity contribution in [1.29, 1.82) is 0 Å². The highest BCUT2D eigenvalue weighted by molar-refractivity contribution is 7.89. The van der Waals surface area contributed by atoms with Crippen molar-refractivity contribution >= 4 is 33.2 Å². The molecule has 196 valence electrons. The number of non-ortho nitro benzene ring substituents is 1. The van der Waals surface area contributed by atoms with Gasteiger partial charge < -0.3 is 10.6 Å². The van der Waals surface area contributed by atoms with Gasteiger partial charge in [0.2, 0.25) is 15.9 Å². The Labute approximate surface area is 212 Å². The van der Waals surface area contributed by atoms with E-state index in [1.165, 1.54) is 27.3 Å². The lowest BCUT2D eigenvalue weighted by Gasteiger charge is -2.30. The number of benzene rings is 1. The Hall–Kier alpha value is -4.11. The smallest absolute Gasteiger partial charge is 0.271 e. The van der Waals surface area contributed by atoms with Crippen LogP contribution >= 0.6 is 0 Å². The summed E-state index contributed by atoms with van der Waals surface area (Å²) < 4.78 is 30.1. The lowest BCUT2D eigenvalue weighted by Crippen LogP contribution is -2.41. The normalized spacial score (nSPS) is 14.9. The summed E-state index contributed by atoms with van der Waals surface area (Å²) in [5, 5.41) is 24.5. The predicted octanol–water partition coefficient (Wildman–Crippen LogP) is 1.03. The maximum atomic E-state index is 12.9. The highest BCUT2D eigenvalue weighted by atomic mass is 32.2. The van der Waals surface area contributed by atoms with Gasteiger partial charge in [0.25, 0.3) is 11.6 Å². The van der Waals surface area contributed by atoms with Gasteiger partial charge in [0, 0.05) is 63.5 Å². The van der Waals surface area contributed by atoms with Crippen LogP contribution in [0.2, 0.25) is 0 Å². The van der Waals surface area contributed by atoms with Crippen LogP contribution in [-0.4, -0.2) is 62.1 Å². The first kappa shape index (κ1) is 26.0. The van der Waals surface area contributed by atoms with Gasteiger partial charge in [0.1, 0.15) is 5.69 Å². The van der Waals surface area contributed by atoms with Gasteiger partial charge in [-0.2, -0.15) is 14.5 Å². The Morgan fingerprint density at radius 2 is 1.78 bits per heavy atom. The van der Waals surface area contributed by atoms with E-state index in [1.54, 1.807) is 31.2 Å². The molecule has 14 nitrogen and oxygen atoms in total. The second kappa shape index (κ2) is 10.5. The highest BCUT2D eigenvalue weighted by Crippen LogP contribution is 2.26. The van der Waals surface area contributed by atoms with E-state index >= 15 is 0 Å². The summed E-state index contributed by atoms with van der Waals surface area (Å²) in [6, 6.07) is 4.70. The molecule has 37 heavy (non-hydrogen) atoms. The number of hydrogen-bond donors (Lipinski definition) is 2. The number of nitro benzene ring substituents is 1. The third kappa shape index (κ3) is 5.67. The average Bonchev–Trinajstić information content (AvgIpc) is 3.47. The number of hydrogen-bond acceptors (Lipinski definition) is 8. The number of amides is 2. The molecule has 1 aliphatic rings. The molecule has 0 spiro atoms. The number of sulfonamides is 1. The monoisotopic (exact) mass is 530 g/mol. The van der Waals surface area contributed by atoms with E-state index < -0.39 is 26.8 Å². The maximum absolute atomic E-state index is 12.9. The van der Waals surface area contributed by atoms with E-state index in [0.29, 0.717) is 0 Å². The van der Waals surface area contributed by atoms with Crippen molar-refractivity contribution < 1.29 is 22.9 Å². The molecule has 0 aliphatic carbocycles. The summed E-state index contributed by atoms with van der Waals surface area (Å²) in [6.07, 6.45) is 5.37. The third-order valence-corrected chi connectivity index (χ3v) is 8.05. The number of nitrogens with one attached hydrogen (secondary N) is 2. The molecule has 0 saturated carbocycles.